The van der Waals surface area contributed by atoms with Crippen LogP contribution >= 0.6 is 38.9 Å². The van der Waals surface area contributed by atoms with Crippen LogP contribution in [0.15, 0.2) is 34.8 Å². The Morgan fingerprint density at radius 3 is 2.76 bits per heavy atom. The standard InChI is InChI=1S/C12H11BrClNOS/c13-10-3-1-2-8(6-15)12(10)16-7-9-4-5-11(14)17-9/h1-5H,6-7,15H2. The van der Waals surface area contributed by atoms with Crippen molar-refractivity contribution in [2.45, 2.75) is 13.2 Å². The molecule has 2 N–H and O–H groups in total. The zero-order valence-corrected chi connectivity index (χ0v) is 12.1. The Morgan fingerprint density at radius 1 is 1.29 bits per heavy atom. The SMILES string of the molecule is NCc1cccc(Br)c1OCc1ccc(Cl)s1. The molecule has 0 aliphatic carbocycles. The van der Waals surface area contributed by atoms with Crippen LogP contribution in [0.5, 0.6) is 5.75 Å². The summed E-state index contributed by atoms with van der Waals surface area (Å²) >= 11 is 10.8. The highest BCUT2D eigenvalue weighted by Gasteiger charge is 2.07. The summed E-state index contributed by atoms with van der Waals surface area (Å²) in [5.41, 5.74) is 6.66. The van der Waals surface area contributed by atoms with Crippen molar-refractivity contribution < 1.29 is 4.74 Å². The number of nitrogens with two attached hydrogens (primary N) is 1. The van der Waals surface area contributed by atoms with Crippen LogP contribution in [-0.2, 0) is 13.2 Å². The smallest absolute Gasteiger partial charge is 0.138 e. The molecule has 0 radical (unpaired) electrons. The first-order valence-corrected chi connectivity index (χ1v) is 7.04. The van der Waals surface area contributed by atoms with Crippen molar-refractivity contribution in [3.63, 3.8) is 0 Å². The molecule has 0 amide bonds. The first kappa shape index (κ1) is 12.9. The number of thiophene rings is 1. The summed E-state index contributed by atoms with van der Waals surface area (Å²) in [4.78, 5) is 1.09. The molecule has 0 atom stereocenters. The lowest BCUT2D eigenvalue weighted by molar-refractivity contribution is 0.304. The van der Waals surface area contributed by atoms with E-state index in [2.05, 4.69) is 15.9 Å². The first-order chi connectivity index (χ1) is 8.20. The number of rotatable bonds is 4. The van der Waals surface area contributed by atoms with Crippen LogP contribution < -0.4 is 10.5 Å². The van der Waals surface area contributed by atoms with Crippen LogP contribution in [-0.4, -0.2) is 0 Å². The Bertz CT molecular complexity index is 515. The largest absolute Gasteiger partial charge is 0.487 e. The van der Waals surface area contributed by atoms with E-state index in [0.29, 0.717) is 13.2 Å². The number of halogens is 2. The molecule has 2 nitrogen and oxygen atoms in total. The molecule has 2 rings (SSSR count). The molecule has 1 heterocycles. The molecule has 0 aliphatic heterocycles. The van der Waals surface area contributed by atoms with E-state index >= 15 is 0 Å². The van der Waals surface area contributed by atoms with Gasteiger partial charge in [-0.3, -0.25) is 0 Å². The van der Waals surface area contributed by atoms with Gasteiger partial charge in [0.05, 0.1) is 8.81 Å². The Hall–Kier alpha value is -0.550. The lowest BCUT2D eigenvalue weighted by Crippen LogP contribution is -2.02. The number of para-hydroxylation sites is 1. The monoisotopic (exact) mass is 331 g/mol. The molecule has 0 aliphatic rings. The predicted octanol–water partition coefficient (Wildman–Crippen LogP) is 4.20. The maximum Gasteiger partial charge on any atom is 0.138 e. The van der Waals surface area contributed by atoms with Gasteiger partial charge in [-0.15, -0.1) is 11.3 Å². The van der Waals surface area contributed by atoms with Crippen LogP contribution in [0.1, 0.15) is 10.4 Å². The first-order valence-electron chi connectivity index (χ1n) is 5.05. The molecule has 5 heteroatoms. The average molecular weight is 333 g/mol. The highest BCUT2D eigenvalue weighted by atomic mass is 79.9. The van der Waals surface area contributed by atoms with Crippen LogP contribution in [0.4, 0.5) is 0 Å². The lowest BCUT2D eigenvalue weighted by atomic mass is 10.2. The Kier molecular flexibility index (Phi) is 4.45. The van der Waals surface area contributed by atoms with Gasteiger partial charge in [0.15, 0.2) is 0 Å². The molecule has 1 aromatic heterocycles. The fraction of sp³-hybridized carbons (Fsp3) is 0.167. The van der Waals surface area contributed by atoms with Crippen molar-refractivity contribution >= 4 is 38.9 Å². The summed E-state index contributed by atoms with van der Waals surface area (Å²) in [7, 11) is 0. The number of hydrogen-bond acceptors (Lipinski definition) is 3. The average Bonchev–Trinajstić information content (AvgIpc) is 2.73. The minimum Gasteiger partial charge on any atom is -0.487 e. The van der Waals surface area contributed by atoms with E-state index in [1.54, 1.807) is 0 Å². The van der Waals surface area contributed by atoms with Gasteiger partial charge in [0.25, 0.3) is 0 Å². The van der Waals surface area contributed by atoms with Crippen molar-refractivity contribution in [1.29, 1.82) is 0 Å². The summed E-state index contributed by atoms with van der Waals surface area (Å²) in [6.07, 6.45) is 0. The van der Waals surface area contributed by atoms with E-state index < -0.39 is 0 Å². The minimum atomic E-state index is 0.458. The van der Waals surface area contributed by atoms with E-state index in [1.807, 2.05) is 30.3 Å². The molecule has 0 spiro atoms. The summed E-state index contributed by atoms with van der Waals surface area (Å²) in [6, 6.07) is 9.68. The summed E-state index contributed by atoms with van der Waals surface area (Å²) < 4.78 is 7.48. The van der Waals surface area contributed by atoms with Gasteiger partial charge in [-0.05, 0) is 34.1 Å². The highest BCUT2D eigenvalue weighted by molar-refractivity contribution is 9.10. The van der Waals surface area contributed by atoms with Gasteiger partial charge in [0.2, 0.25) is 0 Å². The summed E-state index contributed by atoms with van der Waals surface area (Å²) in [6.45, 7) is 0.965. The van der Waals surface area contributed by atoms with Gasteiger partial charge < -0.3 is 10.5 Å². The van der Waals surface area contributed by atoms with Crippen molar-refractivity contribution in [3.8, 4) is 5.75 Å². The number of benzene rings is 1. The zero-order chi connectivity index (χ0) is 12.3. The van der Waals surface area contributed by atoms with Gasteiger partial charge in [0.1, 0.15) is 12.4 Å². The van der Waals surface area contributed by atoms with E-state index in [1.165, 1.54) is 11.3 Å². The second-order valence-corrected chi connectivity index (χ2v) is 6.08. The number of ether oxygens (including phenoxy) is 1. The predicted molar refractivity (Wildman–Crippen MR) is 75.7 cm³/mol. The third kappa shape index (κ3) is 3.22. The van der Waals surface area contributed by atoms with E-state index in [4.69, 9.17) is 22.1 Å². The molecular formula is C12H11BrClNOS. The molecule has 0 saturated carbocycles. The molecule has 0 saturated heterocycles. The molecule has 90 valence electrons. The zero-order valence-electron chi connectivity index (χ0n) is 8.95. The molecule has 1 aromatic carbocycles. The van der Waals surface area contributed by atoms with Gasteiger partial charge in [-0.1, -0.05) is 23.7 Å². The second-order valence-electron chi connectivity index (χ2n) is 3.43. The van der Waals surface area contributed by atoms with Crippen LogP contribution in [0, 0.1) is 0 Å². The normalized spacial score (nSPS) is 10.5. The summed E-state index contributed by atoms with van der Waals surface area (Å²) in [5, 5.41) is 0. The van der Waals surface area contributed by atoms with E-state index in [0.717, 1.165) is 25.0 Å². The van der Waals surface area contributed by atoms with Crippen molar-refractivity contribution in [3.05, 3.63) is 49.6 Å². The highest BCUT2D eigenvalue weighted by Crippen LogP contribution is 2.30. The molecule has 0 unspecified atom stereocenters. The van der Waals surface area contributed by atoms with E-state index in [9.17, 15) is 0 Å². The van der Waals surface area contributed by atoms with Crippen molar-refractivity contribution in [1.82, 2.24) is 0 Å². The Morgan fingerprint density at radius 2 is 2.12 bits per heavy atom. The third-order valence-electron chi connectivity index (χ3n) is 2.26. The Labute approximate surface area is 117 Å². The third-order valence-corrected chi connectivity index (χ3v) is 4.09. The molecule has 0 fully saturated rings. The van der Waals surface area contributed by atoms with Crippen molar-refractivity contribution in [2.75, 3.05) is 0 Å². The molecular weight excluding hydrogens is 322 g/mol. The maximum absolute atomic E-state index is 5.87. The maximum atomic E-state index is 5.87. The topological polar surface area (TPSA) is 35.2 Å². The summed E-state index contributed by atoms with van der Waals surface area (Å²) in [5.74, 6) is 0.805. The molecule has 0 bridgehead atoms. The van der Waals surface area contributed by atoms with Crippen LogP contribution in [0.3, 0.4) is 0 Å². The van der Waals surface area contributed by atoms with Crippen molar-refractivity contribution in [2.24, 2.45) is 5.73 Å². The quantitative estimate of drug-likeness (QED) is 0.910. The minimum absolute atomic E-state index is 0.458. The van der Waals surface area contributed by atoms with Gasteiger partial charge in [0, 0.05) is 17.0 Å². The van der Waals surface area contributed by atoms with Gasteiger partial charge >= 0.3 is 0 Å². The van der Waals surface area contributed by atoms with Crippen LogP contribution in [0.25, 0.3) is 0 Å². The Balaban J connectivity index is 2.13. The van der Waals surface area contributed by atoms with Gasteiger partial charge in [-0.25, -0.2) is 0 Å². The molecule has 2 aromatic rings. The lowest BCUT2D eigenvalue weighted by Gasteiger charge is -2.11. The fourth-order valence-corrected chi connectivity index (χ4v) is 2.97. The van der Waals surface area contributed by atoms with Crippen LogP contribution in [0.2, 0.25) is 4.34 Å². The van der Waals surface area contributed by atoms with Gasteiger partial charge in [-0.2, -0.15) is 0 Å². The second kappa shape index (κ2) is 5.87. The number of hydrogen-bond donors (Lipinski definition) is 1. The fourth-order valence-electron chi connectivity index (χ4n) is 1.45. The molecule has 17 heavy (non-hydrogen) atoms. The van der Waals surface area contributed by atoms with E-state index in [-0.39, 0.29) is 0 Å².